The highest BCUT2D eigenvalue weighted by Crippen LogP contribution is 2.41. The molecule has 23 heavy (non-hydrogen) atoms. The monoisotopic (exact) mass is 312 g/mol. The van der Waals surface area contributed by atoms with Crippen LogP contribution in [-0.2, 0) is 0 Å². The summed E-state index contributed by atoms with van der Waals surface area (Å²) in [5.74, 6) is 1.60. The van der Waals surface area contributed by atoms with Gasteiger partial charge in [0.15, 0.2) is 5.60 Å². The second kappa shape index (κ2) is 5.45. The first-order valence-corrected chi connectivity index (χ1v) is 8.67. The number of carbonyl (C=O) groups is 1. The highest BCUT2D eigenvalue weighted by molar-refractivity contribution is 6.10. The van der Waals surface area contributed by atoms with E-state index in [0.717, 1.165) is 61.5 Å². The molecule has 3 aliphatic heterocycles. The van der Waals surface area contributed by atoms with Crippen molar-refractivity contribution in [2.45, 2.75) is 38.2 Å². The Bertz CT molecular complexity index is 672. The molecule has 122 valence electrons. The van der Waals surface area contributed by atoms with Crippen LogP contribution in [0.25, 0.3) is 0 Å². The van der Waals surface area contributed by atoms with Crippen LogP contribution in [0.1, 0.15) is 48.5 Å². The summed E-state index contributed by atoms with van der Waals surface area (Å²) < 4.78 is 6.14. The zero-order valence-electron chi connectivity index (χ0n) is 14.0. The van der Waals surface area contributed by atoms with Crippen molar-refractivity contribution in [2.75, 3.05) is 26.7 Å². The third kappa shape index (κ3) is 2.49. The van der Waals surface area contributed by atoms with Crippen LogP contribution < -0.4 is 4.74 Å². The van der Waals surface area contributed by atoms with Gasteiger partial charge in [0.2, 0.25) is 5.78 Å². The molecule has 1 fully saturated rings. The van der Waals surface area contributed by atoms with Crippen molar-refractivity contribution in [3.63, 3.8) is 0 Å². The van der Waals surface area contributed by atoms with Gasteiger partial charge in [-0.1, -0.05) is 6.92 Å². The summed E-state index contributed by atoms with van der Waals surface area (Å²) in [4.78, 5) is 19.9. The summed E-state index contributed by atoms with van der Waals surface area (Å²) in [5, 5.41) is 0. The Kier molecular flexibility index (Phi) is 3.52. The molecule has 1 aromatic rings. The minimum Gasteiger partial charge on any atom is -0.478 e. The number of likely N-dealkylation sites (tertiary alicyclic amines) is 1. The van der Waals surface area contributed by atoms with E-state index in [4.69, 9.17) is 9.73 Å². The predicted molar refractivity (Wildman–Crippen MR) is 90.7 cm³/mol. The predicted octanol–water partition coefficient (Wildman–Crippen LogP) is 2.95. The highest BCUT2D eigenvalue weighted by atomic mass is 16.5. The van der Waals surface area contributed by atoms with Gasteiger partial charge in [-0.3, -0.25) is 9.79 Å². The molecular formula is C19H24N2O2. The smallest absolute Gasteiger partial charge is 0.210 e. The molecule has 3 heterocycles. The third-order valence-electron chi connectivity index (χ3n) is 5.54. The van der Waals surface area contributed by atoms with Crippen molar-refractivity contribution in [3.05, 3.63) is 29.3 Å². The lowest BCUT2D eigenvalue weighted by atomic mass is 9.85. The molecule has 0 N–H and O–H groups in total. The maximum Gasteiger partial charge on any atom is 0.210 e. The summed E-state index contributed by atoms with van der Waals surface area (Å²) in [5.41, 5.74) is 2.38. The molecule has 0 bridgehead atoms. The maximum absolute atomic E-state index is 13.0. The topological polar surface area (TPSA) is 41.9 Å². The van der Waals surface area contributed by atoms with E-state index < -0.39 is 5.60 Å². The molecule has 0 radical (unpaired) electrons. The zero-order chi connectivity index (χ0) is 16.0. The number of carbonyl (C=O) groups excluding carboxylic acids is 1. The third-order valence-corrected chi connectivity index (χ3v) is 5.54. The average molecular weight is 312 g/mol. The fraction of sp³-hybridized carbons (Fsp3) is 0.579. The molecular weight excluding hydrogens is 288 g/mol. The quantitative estimate of drug-likeness (QED) is 0.800. The number of piperidine rings is 1. The number of rotatable bonds is 1. The second-order valence-corrected chi connectivity index (χ2v) is 7.37. The zero-order valence-corrected chi connectivity index (χ0v) is 14.0. The maximum atomic E-state index is 13.0. The number of benzene rings is 1. The summed E-state index contributed by atoms with van der Waals surface area (Å²) in [7, 11) is 2.10. The molecule has 3 aliphatic rings. The molecule has 0 aliphatic carbocycles. The number of aliphatic imine (C=N–C) groups is 1. The van der Waals surface area contributed by atoms with E-state index in [0.29, 0.717) is 5.92 Å². The molecule has 0 aromatic heterocycles. The van der Waals surface area contributed by atoms with E-state index in [2.05, 4.69) is 24.9 Å². The van der Waals surface area contributed by atoms with Crippen LogP contribution in [0.2, 0.25) is 0 Å². The molecule has 1 atom stereocenters. The van der Waals surface area contributed by atoms with Gasteiger partial charge in [-0.05, 0) is 49.6 Å². The van der Waals surface area contributed by atoms with Gasteiger partial charge in [-0.25, -0.2) is 0 Å². The first kappa shape index (κ1) is 14.9. The molecule has 1 aromatic carbocycles. The van der Waals surface area contributed by atoms with Crippen molar-refractivity contribution in [3.8, 4) is 5.75 Å². The first-order valence-electron chi connectivity index (χ1n) is 8.67. The van der Waals surface area contributed by atoms with Gasteiger partial charge >= 0.3 is 0 Å². The molecule has 4 rings (SSSR count). The Labute approximate surface area is 137 Å². The Morgan fingerprint density at radius 2 is 2.09 bits per heavy atom. The van der Waals surface area contributed by atoms with Gasteiger partial charge in [0.05, 0.1) is 5.56 Å². The number of ether oxygens (including phenoxy) is 1. The molecule has 0 unspecified atom stereocenters. The van der Waals surface area contributed by atoms with Crippen molar-refractivity contribution in [1.82, 2.24) is 4.90 Å². The van der Waals surface area contributed by atoms with Crippen molar-refractivity contribution in [1.29, 1.82) is 0 Å². The van der Waals surface area contributed by atoms with E-state index in [-0.39, 0.29) is 5.78 Å². The highest BCUT2D eigenvalue weighted by Gasteiger charge is 2.49. The van der Waals surface area contributed by atoms with Crippen LogP contribution in [0.5, 0.6) is 5.75 Å². The summed E-state index contributed by atoms with van der Waals surface area (Å²) in [6.07, 6.45) is 3.75. The van der Waals surface area contributed by atoms with E-state index in [9.17, 15) is 4.79 Å². The van der Waals surface area contributed by atoms with E-state index >= 15 is 0 Å². The van der Waals surface area contributed by atoms with Crippen LogP contribution in [0.15, 0.2) is 23.2 Å². The summed E-state index contributed by atoms with van der Waals surface area (Å²) in [6.45, 7) is 4.96. The molecule has 1 spiro atoms. The van der Waals surface area contributed by atoms with E-state index in [1.54, 1.807) is 0 Å². The number of ketones is 1. The lowest BCUT2D eigenvalue weighted by Gasteiger charge is -2.35. The van der Waals surface area contributed by atoms with E-state index in [1.165, 1.54) is 6.42 Å². The lowest BCUT2D eigenvalue weighted by Crippen LogP contribution is -2.49. The van der Waals surface area contributed by atoms with Gasteiger partial charge in [-0.2, -0.15) is 0 Å². The van der Waals surface area contributed by atoms with E-state index in [1.807, 2.05) is 12.1 Å². The fourth-order valence-electron chi connectivity index (χ4n) is 3.84. The minimum absolute atomic E-state index is 0.173. The minimum atomic E-state index is -0.615. The SMILES string of the molecule is C[C@H]1CCC(c2ccc3c(c2)C(=O)C2(CCN(C)CC2)O3)=NC1. The standard InChI is InChI=1S/C19H24N2O2/c1-13-3-5-16(20-12-13)14-4-6-17-15(11-14)18(22)19(23-17)7-9-21(2)10-8-19/h4,6,11,13H,3,5,7-10,12H2,1-2H3/t13-/m0/s1. The van der Waals surface area contributed by atoms with Gasteiger partial charge < -0.3 is 9.64 Å². The van der Waals surface area contributed by atoms with Crippen molar-refractivity contribution >= 4 is 11.5 Å². The van der Waals surface area contributed by atoms with Crippen LogP contribution in [0.4, 0.5) is 0 Å². The fourth-order valence-corrected chi connectivity index (χ4v) is 3.84. The van der Waals surface area contributed by atoms with Crippen molar-refractivity contribution < 1.29 is 9.53 Å². The van der Waals surface area contributed by atoms with Crippen LogP contribution in [0, 0.1) is 5.92 Å². The first-order chi connectivity index (χ1) is 11.1. The average Bonchev–Trinajstić information content (AvgIpc) is 2.83. The number of Topliss-reactive ketones (excluding diaryl/α,β-unsaturated/α-hetero) is 1. The Morgan fingerprint density at radius 3 is 2.78 bits per heavy atom. The summed E-state index contributed by atoms with van der Waals surface area (Å²) in [6, 6.07) is 6.05. The number of nitrogens with zero attached hydrogens (tertiary/aromatic N) is 2. The van der Waals surface area contributed by atoms with Gasteiger partial charge in [-0.15, -0.1) is 0 Å². The molecule has 4 heteroatoms. The lowest BCUT2D eigenvalue weighted by molar-refractivity contribution is 0.0253. The normalized spacial score (nSPS) is 26.8. The van der Waals surface area contributed by atoms with Gasteiger partial charge in [0.1, 0.15) is 5.75 Å². The van der Waals surface area contributed by atoms with Gasteiger partial charge in [0.25, 0.3) is 0 Å². The van der Waals surface area contributed by atoms with Crippen LogP contribution in [0.3, 0.4) is 0 Å². The molecule has 0 saturated carbocycles. The van der Waals surface area contributed by atoms with Crippen LogP contribution >= 0.6 is 0 Å². The molecule has 4 nitrogen and oxygen atoms in total. The molecule has 0 amide bonds. The number of hydrogen-bond acceptors (Lipinski definition) is 4. The van der Waals surface area contributed by atoms with Crippen LogP contribution in [-0.4, -0.2) is 48.7 Å². The summed E-state index contributed by atoms with van der Waals surface area (Å²) >= 11 is 0. The Balaban J connectivity index is 1.63. The number of hydrogen-bond donors (Lipinski definition) is 0. The number of fused-ring (bicyclic) bond motifs is 1. The Morgan fingerprint density at radius 1 is 1.30 bits per heavy atom. The Hall–Kier alpha value is -1.68. The van der Waals surface area contributed by atoms with Crippen molar-refractivity contribution in [2.24, 2.45) is 10.9 Å². The largest absolute Gasteiger partial charge is 0.478 e. The molecule has 1 saturated heterocycles. The van der Waals surface area contributed by atoms with Gasteiger partial charge in [0, 0.05) is 38.2 Å². The second-order valence-electron chi connectivity index (χ2n) is 7.37.